The molecule has 1 heterocycles. The molecule has 1 aromatic heterocycles. The van der Waals surface area contributed by atoms with E-state index in [0.717, 1.165) is 44.6 Å². The highest BCUT2D eigenvalue weighted by Crippen LogP contribution is 2.33. The molecule has 0 atom stereocenters. The van der Waals surface area contributed by atoms with E-state index in [1.807, 2.05) is 84.9 Å². The van der Waals surface area contributed by atoms with Crippen LogP contribution < -0.4 is 14.9 Å². The summed E-state index contributed by atoms with van der Waals surface area (Å²) in [6.45, 7) is -0.160. The molecule has 5 rings (SSSR count). The number of aromatic nitrogens is 1. The number of fused-ring (bicyclic) bond motifs is 1. The molecule has 188 valence electrons. The van der Waals surface area contributed by atoms with E-state index >= 15 is 0 Å². The van der Waals surface area contributed by atoms with Crippen LogP contribution in [0.2, 0.25) is 5.02 Å². The molecule has 0 saturated heterocycles. The van der Waals surface area contributed by atoms with Gasteiger partial charge in [0.15, 0.2) is 6.61 Å². The van der Waals surface area contributed by atoms with Gasteiger partial charge in [-0.25, -0.2) is 10.4 Å². The van der Waals surface area contributed by atoms with Crippen LogP contribution in [0.3, 0.4) is 0 Å². The number of pyridine rings is 1. The fraction of sp³-hybridized carbons (Fsp3) is 0.0645. The largest absolute Gasteiger partial charge is 0.497 e. The lowest BCUT2D eigenvalue weighted by atomic mass is 9.98. The summed E-state index contributed by atoms with van der Waals surface area (Å²) in [6.07, 6.45) is 1.56. The summed E-state index contributed by atoms with van der Waals surface area (Å²) in [5.74, 6) is 0.962. The highest BCUT2D eigenvalue weighted by Gasteiger charge is 2.11. The van der Waals surface area contributed by atoms with E-state index in [9.17, 15) is 4.79 Å². The van der Waals surface area contributed by atoms with Crippen LogP contribution in [0.5, 0.6) is 11.5 Å². The lowest BCUT2D eigenvalue weighted by molar-refractivity contribution is -0.123. The molecule has 0 aliphatic rings. The number of rotatable bonds is 8. The first-order valence-corrected chi connectivity index (χ1v) is 12.3. The fourth-order valence-electron chi connectivity index (χ4n) is 3.97. The summed E-state index contributed by atoms with van der Waals surface area (Å²) in [5.41, 5.74) is 8.06. The quantitative estimate of drug-likeness (QED) is 0.181. The summed E-state index contributed by atoms with van der Waals surface area (Å²) in [7, 11) is 1.61. The van der Waals surface area contributed by atoms with Crippen LogP contribution in [-0.2, 0) is 4.79 Å². The van der Waals surface area contributed by atoms with Gasteiger partial charge in [0.05, 0.1) is 24.5 Å². The summed E-state index contributed by atoms with van der Waals surface area (Å²) in [6, 6.07) is 32.8. The van der Waals surface area contributed by atoms with Gasteiger partial charge in [0, 0.05) is 16.0 Å². The minimum Gasteiger partial charge on any atom is -0.497 e. The third-order valence-electron chi connectivity index (χ3n) is 5.89. The second-order valence-electron chi connectivity index (χ2n) is 8.46. The molecular formula is C31H24ClN3O3. The van der Waals surface area contributed by atoms with Crippen molar-refractivity contribution in [1.29, 1.82) is 0 Å². The summed E-state index contributed by atoms with van der Waals surface area (Å²) in [5, 5.41) is 5.63. The zero-order chi connectivity index (χ0) is 26.3. The van der Waals surface area contributed by atoms with Crippen LogP contribution >= 0.6 is 11.6 Å². The van der Waals surface area contributed by atoms with Gasteiger partial charge in [-0.15, -0.1) is 0 Å². The molecule has 6 nitrogen and oxygen atoms in total. The number of methoxy groups -OCH3 is 1. The Kier molecular flexibility index (Phi) is 7.62. The van der Waals surface area contributed by atoms with Crippen molar-refractivity contribution in [2.24, 2.45) is 5.10 Å². The topological polar surface area (TPSA) is 72.8 Å². The van der Waals surface area contributed by atoms with Gasteiger partial charge in [-0.2, -0.15) is 5.10 Å². The molecule has 5 aromatic rings. The van der Waals surface area contributed by atoms with E-state index in [-0.39, 0.29) is 12.5 Å². The first kappa shape index (κ1) is 25.0. The van der Waals surface area contributed by atoms with Crippen LogP contribution in [0.25, 0.3) is 33.3 Å². The smallest absolute Gasteiger partial charge is 0.277 e. The molecule has 0 radical (unpaired) electrons. The number of ether oxygens (including phenoxy) is 2. The predicted octanol–water partition coefficient (Wildman–Crippen LogP) is 6.76. The van der Waals surface area contributed by atoms with Crippen molar-refractivity contribution in [3.05, 3.63) is 114 Å². The van der Waals surface area contributed by atoms with Crippen molar-refractivity contribution in [2.45, 2.75) is 0 Å². The van der Waals surface area contributed by atoms with E-state index < -0.39 is 0 Å². The molecular weight excluding hydrogens is 498 g/mol. The van der Waals surface area contributed by atoms with Crippen molar-refractivity contribution in [1.82, 2.24) is 10.4 Å². The zero-order valence-corrected chi connectivity index (χ0v) is 21.4. The van der Waals surface area contributed by atoms with Crippen molar-refractivity contribution in [3.63, 3.8) is 0 Å². The molecule has 1 amide bonds. The maximum atomic E-state index is 12.1. The number of amides is 1. The second-order valence-corrected chi connectivity index (χ2v) is 8.90. The normalized spacial score (nSPS) is 11.0. The molecule has 4 aromatic carbocycles. The fourth-order valence-corrected chi connectivity index (χ4v) is 4.15. The van der Waals surface area contributed by atoms with Crippen molar-refractivity contribution in [2.75, 3.05) is 13.7 Å². The van der Waals surface area contributed by atoms with E-state index in [4.69, 9.17) is 26.1 Å². The first-order valence-electron chi connectivity index (χ1n) is 11.9. The lowest BCUT2D eigenvalue weighted by Crippen LogP contribution is -2.24. The van der Waals surface area contributed by atoms with E-state index in [2.05, 4.69) is 28.7 Å². The standard InChI is InChI=1S/C31H24ClN3O3/c1-37-25-12-7-21(8-13-25)19-33-35-31(36)20-38-26-14-9-23(10-15-26)30-18-27(22-5-3-2-4-6-22)28-17-24(32)11-16-29(28)34-30/h2-19H,20H2,1H3,(H,35,36)/b33-19+. The number of nitrogens with one attached hydrogen (secondary N) is 1. The lowest BCUT2D eigenvalue weighted by Gasteiger charge is -2.11. The van der Waals surface area contributed by atoms with Gasteiger partial charge in [-0.1, -0.05) is 41.9 Å². The second kappa shape index (κ2) is 11.6. The third kappa shape index (κ3) is 5.99. The molecule has 7 heteroatoms. The van der Waals surface area contributed by atoms with Crippen LogP contribution in [0.1, 0.15) is 5.56 Å². The Bertz CT molecular complexity index is 1590. The maximum Gasteiger partial charge on any atom is 0.277 e. The molecule has 0 aliphatic carbocycles. The summed E-state index contributed by atoms with van der Waals surface area (Å²) in [4.78, 5) is 17.0. The predicted molar refractivity (Wildman–Crippen MR) is 152 cm³/mol. The Morgan fingerprint density at radius 3 is 2.37 bits per heavy atom. The zero-order valence-electron chi connectivity index (χ0n) is 20.6. The molecule has 0 saturated carbocycles. The molecule has 0 fully saturated rings. The monoisotopic (exact) mass is 521 g/mol. The molecule has 0 aliphatic heterocycles. The van der Waals surface area contributed by atoms with Gasteiger partial charge in [0.2, 0.25) is 0 Å². The first-order chi connectivity index (χ1) is 18.6. The Morgan fingerprint density at radius 2 is 1.63 bits per heavy atom. The van der Waals surface area contributed by atoms with Gasteiger partial charge >= 0.3 is 0 Å². The van der Waals surface area contributed by atoms with Crippen molar-refractivity contribution >= 4 is 34.6 Å². The molecule has 0 unspecified atom stereocenters. The number of hydrazone groups is 1. The van der Waals surface area contributed by atoms with Gasteiger partial charge in [0.1, 0.15) is 11.5 Å². The van der Waals surface area contributed by atoms with Crippen LogP contribution in [0.4, 0.5) is 0 Å². The summed E-state index contributed by atoms with van der Waals surface area (Å²) >= 11 is 6.29. The Labute approximate surface area is 225 Å². The highest BCUT2D eigenvalue weighted by molar-refractivity contribution is 6.31. The van der Waals surface area contributed by atoms with E-state index in [1.54, 1.807) is 13.3 Å². The number of nitrogens with zero attached hydrogens (tertiary/aromatic N) is 2. The Balaban J connectivity index is 1.26. The minimum absolute atomic E-state index is 0.160. The highest BCUT2D eigenvalue weighted by atomic mass is 35.5. The van der Waals surface area contributed by atoms with Gasteiger partial charge in [0.25, 0.3) is 5.91 Å². The van der Waals surface area contributed by atoms with E-state index in [0.29, 0.717) is 10.8 Å². The van der Waals surface area contributed by atoms with Gasteiger partial charge < -0.3 is 9.47 Å². The Hall–Kier alpha value is -4.68. The van der Waals surface area contributed by atoms with Crippen LogP contribution in [-0.4, -0.2) is 30.8 Å². The number of carbonyl (C=O) groups is 1. The third-order valence-corrected chi connectivity index (χ3v) is 6.13. The van der Waals surface area contributed by atoms with Crippen LogP contribution in [0, 0.1) is 0 Å². The average molecular weight is 522 g/mol. The van der Waals surface area contributed by atoms with E-state index in [1.165, 1.54) is 0 Å². The molecule has 0 spiro atoms. The Morgan fingerprint density at radius 1 is 0.895 bits per heavy atom. The number of carbonyl (C=O) groups excluding carboxylic acids is 1. The molecule has 1 N–H and O–H groups in total. The minimum atomic E-state index is -0.360. The number of halogens is 1. The van der Waals surface area contributed by atoms with Crippen LogP contribution in [0.15, 0.2) is 108 Å². The van der Waals surface area contributed by atoms with Gasteiger partial charge in [-0.05, 0) is 89.5 Å². The van der Waals surface area contributed by atoms with Crippen molar-refractivity contribution in [3.8, 4) is 33.9 Å². The number of hydrogen-bond donors (Lipinski definition) is 1. The number of hydrogen-bond acceptors (Lipinski definition) is 5. The molecule has 38 heavy (non-hydrogen) atoms. The molecule has 0 bridgehead atoms. The SMILES string of the molecule is COc1ccc(/C=N/NC(=O)COc2ccc(-c3cc(-c4ccccc4)c4cc(Cl)ccc4n3)cc2)cc1. The summed E-state index contributed by atoms with van der Waals surface area (Å²) < 4.78 is 10.8. The maximum absolute atomic E-state index is 12.1. The average Bonchev–Trinajstić information content (AvgIpc) is 2.96. The van der Waals surface area contributed by atoms with Gasteiger partial charge in [-0.3, -0.25) is 4.79 Å². The number of benzene rings is 4. The van der Waals surface area contributed by atoms with Crippen molar-refractivity contribution < 1.29 is 14.3 Å².